The first-order chi connectivity index (χ1) is 9.79. The quantitative estimate of drug-likeness (QED) is 0.682. The summed E-state index contributed by atoms with van der Waals surface area (Å²) in [6.45, 7) is 3.77. The van der Waals surface area contributed by atoms with Crippen LogP contribution in [0.5, 0.6) is 0 Å². The first-order valence-electron chi connectivity index (χ1n) is 8.00. The minimum atomic E-state index is 0.217. The van der Waals surface area contributed by atoms with Gasteiger partial charge in [0.15, 0.2) is 0 Å². The van der Waals surface area contributed by atoms with E-state index in [1.165, 1.54) is 0 Å². The molecule has 2 fully saturated rings. The van der Waals surface area contributed by atoms with Gasteiger partial charge in [0, 0.05) is 32.7 Å². The molecule has 0 spiro atoms. The third-order valence-electron chi connectivity index (χ3n) is 4.09. The van der Waals surface area contributed by atoms with Gasteiger partial charge in [0.25, 0.3) is 0 Å². The van der Waals surface area contributed by atoms with Crippen LogP contribution in [0.3, 0.4) is 0 Å². The van der Waals surface area contributed by atoms with Gasteiger partial charge in [-0.15, -0.1) is 0 Å². The van der Waals surface area contributed by atoms with Crippen LogP contribution in [0.4, 0.5) is 0 Å². The average Bonchev–Trinajstić information content (AvgIpc) is 3.11. The van der Waals surface area contributed by atoms with Crippen LogP contribution in [0.2, 0.25) is 0 Å². The van der Waals surface area contributed by atoms with Gasteiger partial charge in [-0.2, -0.15) is 0 Å². The number of rotatable bonds is 8. The van der Waals surface area contributed by atoms with Gasteiger partial charge < -0.3 is 20.1 Å². The summed E-state index contributed by atoms with van der Waals surface area (Å²) in [6.07, 6.45) is 7.18. The van der Waals surface area contributed by atoms with Crippen molar-refractivity contribution >= 4 is 5.91 Å². The number of hydrogen-bond acceptors (Lipinski definition) is 4. The highest BCUT2D eigenvalue weighted by molar-refractivity contribution is 5.76. The fourth-order valence-corrected chi connectivity index (χ4v) is 2.93. The van der Waals surface area contributed by atoms with Crippen LogP contribution >= 0.6 is 0 Å². The van der Waals surface area contributed by atoms with Crippen LogP contribution in [-0.4, -0.2) is 55.9 Å². The molecule has 0 radical (unpaired) electrons. The zero-order valence-electron chi connectivity index (χ0n) is 12.4. The molecular formula is C15H28N2O3. The molecule has 2 rings (SSSR count). The number of carbonyl (C=O) groups is 1. The Morgan fingerprint density at radius 2 is 1.65 bits per heavy atom. The second kappa shape index (κ2) is 8.60. The molecule has 2 saturated heterocycles. The summed E-state index contributed by atoms with van der Waals surface area (Å²) in [5.41, 5.74) is 5.49. The first kappa shape index (κ1) is 15.7. The monoisotopic (exact) mass is 284 g/mol. The molecule has 116 valence electrons. The predicted molar refractivity (Wildman–Crippen MR) is 77.4 cm³/mol. The Balaban J connectivity index is 1.82. The molecule has 2 unspecified atom stereocenters. The van der Waals surface area contributed by atoms with Gasteiger partial charge in [0.2, 0.25) is 5.91 Å². The summed E-state index contributed by atoms with van der Waals surface area (Å²) in [7, 11) is 0. The first-order valence-corrected chi connectivity index (χ1v) is 8.00. The SMILES string of the molecule is NCCCCC(=O)N(CC1CCCO1)CC1CCCO1. The van der Waals surface area contributed by atoms with Crippen molar-refractivity contribution in [2.45, 2.75) is 57.2 Å². The zero-order valence-corrected chi connectivity index (χ0v) is 12.4. The summed E-state index contributed by atoms with van der Waals surface area (Å²) in [6, 6.07) is 0. The maximum absolute atomic E-state index is 12.4. The number of carbonyl (C=O) groups excluding carboxylic acids is 1. The Labute approximate surface area is 121 Å². The minimum Gasteiger partial charge on any atom is -0.376 e. The molecule has 5 heteroatoms. The lowest BCUT2D eigenvalue weighted by molar-refractivity contribution is -0.134. The third kappa shape index (κ3) is 5.04. The van der Waals surface area contributed by atoms with E-state index in [1.54, 1.807) is 0 Å². The predicted octanol–water partition coefficient (Wildman–Crippen LogP) is 1.30. The van der Waals surface area contributed by atoms with E-state index in [4.69, 9.17) is 15.2 Å². The lowest BCUT2D eigenvalue weighted by Gasteiger charge is -2.28. The van der Waals surface area contributed by atoms with Crippen LogP contribution in [0, 0.1) is 0 Å². The molecular weight excluding hydrogens is 256 g/mol. The van der Waals surface area contributed by atoms with Gasteiger partial charge in [-0.05, 0) is 45.1 Å². The number of ether oxygens (including phenoxy) is 2. The number of unbranched alkanes of at least 4 members (excludes halogenated alkanes) is 1. The molecule has 0 aromatic rings. The Morgan fingerprint density at radius 3 is 2.10 bits per heavy atom. The van der Waals surface area contributed by atoms with Crippen molar-refractivity contribution < 1.29 is 14.3 Å². The lowest BCUT2D eigenvalue weighted by Crippen LogP contribution is -2.41. The molecule has 2 N–H and O–H groups in total. The van der Waals surface area contributed by atoms with Crippen LogP contribution in [0.25, 0.3) is 0 Å². The van der Waals surface area contributed by atoms with Crippen LogP contribution in [-0.2, 0) is 14.3 Å². The summed E-state index contributed by atoms with van der Waals surface area (Å²) in [5.74, 6) is 0.226. The molecule has 0 aromatic carbocycles. The van der Waals surface area contributed by atoms with Crippen LogP contribution in [0.1, 0.15) is 44.9 Å². The van der Waals surface area contributed by atoms with E-state index < -0.39 is 0 Å². The Morgan fingerprint density at radius 1 is 1.05 bits per heavy atom. The van der Waals surface area contributed by atoms with E-state index in [2.05, 4.69) is 0 Å². The van der Waals surface area contributed by atoms with Gasteiger partial charge in [-0.1, -0.05) is 0 Å². The maximum Gasteiger partial charge on any atom is 0.222 e. The van der Waals surface area contributed by atoms with E-state index >= 15 is 0 Å². The molecule has 0 aromatic heterocycles. The third-order valence-corrected chi connectivity index (χ3v) is 4.09. The normalized spacial score (nSPS) is 26.1. The Bertz CT molecular complexity index is 269. The van der Waals surface area contributed by atoms with Crippen molar-refractivity contribution in [3.8, 4) is 0 Å². The van der Waals surface area contributed by atoms with E-state index in [0.29, 0.717) is 13.0 Å². The van der Waals surface area contributed by atoms with Crippen molar-refractivity contribution in [2.75, 3.05) is 32.8 Å². The van der Waals surface area contributed by atoms with Crippen molar-refractivity contribution in [1.29, 1.82) is 0 Å². The molecule has 2 aliphatic heterocycles. The average molecular weight is 284 g/mol. The Kier molecular flexibility index (Phi) is 6.76. The summed E-state index contributed by atoms with van der Waals surface area (Å²) >= 11 is 0. The van der Waals surface area contributed by atoms with Gasteiger partial charge in [0.1, 0.15) is 0 Å². The smallest absolute Gasteiger partial charge is 0.222 e. The van der Waals surface area contributed by atoms with Crippen molar-refractivity contribution in [3.05, 3.63) is 0 Å². The van der Waals surface area contributed by atoms with Gasteiger partial charge in [-0.25, -0.2) is 0 Å². The van der Waals surface area contributed by atoms with Crippen LogP contribution in [0.15, 0.2) is 0 Å². The fourth-order valence-electron chi connectivity index (χ4n) is 2.93. The van der Waals surface area contributed by atoms with Crippen LogP contribution < -0.4 is 5.73 Å². The minimum absolute atomic E-state index is 0.217. The molecule has 1 amide bonds. The lowest BCUT2D eigenvalue weighted by atomic mass is 10.1. The summed E-state index contributed by atoms with van der Waals surface area (Å²) < 4.78 is 11.3. The second-order valence-corrected chi connectivity index (χ2v) is 5.81. The molecule has 0 bridgehead atoms. The molecule has 2 aliphatic rings. The highest BCUT2D eigenvalue weighted by Crippen LogP contribution is 2.18. The maximum atomic E-state index is 12.4. The Hall–Kier alpha value is -0.650. The number of amides is 1. The summed E-state index contributed by atoms with van der Waals surface area (Å²) in [5, 5.41) is 0. The molecule has 2 heterocycles. The molecule has 2 atom stereocenters. The molecule has 20 heavy (non-hydrogen) atoms. The van der Waals surface area contributed by atoms with Gasteiger partial charge in [-0.3, -0.25) is 4.79 Å². The van der Waals surface area contributed by atoms with Crippen molar-refractivity contribution in [2.24, 2.45) is 5.73 Å². The highest BCUT2D eigenvalue weighted by Gasteiger charge is 2.26. The van der Waals surface area contributed by atoms with E-state index in [0.717, 1.165) is 64.8 Å². The molecule has 0 saturated carbocycles. The van der Waals surface area contributed by atoms with E-state index in [1.807, 2.05) is 4.90 Å². The fraction of sp³-hybridized carbons (Fsp3) is 0.933. The van der Waals surface area contributed by atoms with E-state index in [-0.39, 0.29) is 18.1 Å². The van der Waals surface area contributed by atoms with Gasteiger partial charge >= 0.3 is 0 Å². The second-order valence-electron chi connectivity index (χ2n) is 5.81. The molecule has 5 nitrogen and oxygen atoms in total. The van der Waals surface area contributed by atoms with Crippen molar-refractivity contribution in [3.63, 3.8) is 0 Å². The van der Waals surface area contributed by atoms with Gasteiger partial charge in [0.05, 0.1) is 12.2 Å². The van der Waals surface area contributed by atoms with E-state index in [9.17, 15) is 4.79 Å². The van der Waals surface area contributed by atoms with Crippen molar-refractivity contribution in [1.82, 2.24) is 4.90 Å². The highest BCUT2D eigenvalue weighted by atomic mass is 16.5. The number of nitrogens with zero attached hydrogens (tertiary/aromatic N) is 1. The molecule has 0 aliphatic carbocycles. The largest absolute Gasteiger partial charge is 0.376 e. The topological polar surface area (TPSA) is 64.8 Å². The zero-order chi connectivity index (χ0) is 14.2. The standard InChI is InChI=1S/C15H28N2O3/c16-8-2-1-7-15(18)17(11-13-5-3-9-19-13)12-14-6-4-10-20-14/h13-14H,1-12,16H2. The number of hydrogen-bond donors (Lipinski definition) is 1. The number of nitrogens with two attached hydrogens (primary N) is 1. The summed E-state index contributed by atoms with van der Waals surface area (Å²) in [4.78, 5) is 14.3.